The van der Waals surface area contributed by atoms with Crippen molar-refractivity contribution in [3.05, 3.63) is 71.9 Å². The Morgan fingerprint density at radius 1 is 1.12 bits per heavy atom. The number of methoxy groups -OCH3 is 1. The van der Waals surface area contributed by atoms with Crippen LogP contribution >= 0.6 is 0 Å². The van der Waals surface area contributed by atoms with Crippen molar-refractivity contribution in [3.63, 3.8) is 0 Å². The number of aliphatic hydroxyl groups is 1. The molecule has 1 aliphatic rings. The minimum Gasteiger partial charge on any atom is -0.496 e. The normalized spacial score (nSPS) is 18.2. The largest absolute Gasteiger partial charge is 0.496 e. The van der Waals surface area contributed by atoms with Crippen LogP contribution in [-0.4, -0.2) is 46.7 Å². The Labute approximate surface area is 179 Å². The molecule has 1 atom stereocenters. The molecule has 2 heterocycles. The highest BCUT2D eigenvalue weighted by Gasteiger charge is 2.51. The number of amides is 1. The molecule has 0 radical (unpaired) electrons. The second-order valence-corrected chi connectivity index (χ2v) is 7.01. The molecule has 2 N–H and O–H groups in total. The molecule has 3 aromatic rings. The summed E-state index contributed by atoms with van der Waals surface area (Å²) in [5, 5.41) is 10.8. The van der Waals surface area contributed by atoms with Gasteiger partial charge in [0.1, 0.15) is 5.75 Å². The van der Waals surface area contributed by atoms with E-state index >= 15 is 0 Å². The number of para-hydroxylation sites is 2. The van der Waals surface area contributed by atoms with Gasteiger partial charge in [-0.05, 0) is 24.3 Å². The average molecular weight is 447 g/mol. The maximum Gasteiger partial charge on any atom is 0.291 e. The molecular formula is C22H17F4N3O3. The van der Waals surface area contributed by atoms with E-state index in [9.17, 15) is 27.5 Å². The number of rotatable bonds is 5. The predicted octanol–water partition coefficient (Wildman–Crippen LogP) is 3.97. The van der Waals surface area contributed by atoms with Gasteiger partial charge in [0, 0.05) is 17.0 Å². The Hall–Kier alpha value is -3.66. The SMILES string of the molecule is COc1ccccc1-c1cc(C(=O)N2NC(C(F)F)=CC2(O)C(F)F)c2ccccc2n1. The molecule has 166 valence electrons. The van der Waals surface area contributed by atoms with Crippen LogP contribution in [0.25, 0.3) is 22.2 Å². The number of benzene rings is 2. The molecule has 0 saturated carbocycles. The molecule has 6 nitrogen and oxygen atoms in total. The third-order valence-electron chi connectivity index (χ3n) is 5.06. The van der Waals surface area contributed by atoms with Crippen LogP contribution in [-0.2, 0) is 0 Å². The third kappa shape index (κ3) is 3.52. The van der Waals surface area contributed by atoms with Gasteiger partial charge in [0.15, 0.2) is 0 Å². The molecule has 1 unspecified atom stereocenters. The number of carbonyl (C=O) groups excluding carboxylic acids is 1. The van der Waals surface area contributed by atoms with Gasteiger partial charge >= 0.3 is 0 Å². The minimum absolute atomic E-state index is 0.118. The summed E-state index contributed by atoms with van der Waals surface area (Å²) in [6.45, 7) is 0. The van der Waals surface area contributed by atoms with E-state index in [2.05, 4.69) is 4.98 Å². The predicted molar refractivity (Wildman–Crippen MR) is 108 cm³/mol. The van der Waals surface area contributed by atoms with Crippen LogP contribution < -0.4 is 10.2 Å². The van der Waals surface area contributed by atoms with Gasteiger partial charge in [-0.3, -0.25) is 10.2 Å². The minimum atomic E-state index is -3.54. The lowest BCUT2D eigenvalue weighted by atomic mass is 10.0. The van der Waals surface area contributed by atoms with Gasteiger partial charge in [0.05, 0.1) is 29.6 Å². The van der Waals surface area contributed by atoms with Crippen molar-refractivity contribution in [1.29, 1.82) is 0 Å². The number of allylic oxidation sites excluding steroid dienone is 1. The van der Waals surface area contributed by atoms with Gasteiger partial charge in [-0.25, -0.2) is 27.6 Å². The molecule has 0 aliphatic carbocycles. The summed E-state index contributed by atoms with van der Waals surface area (Å²) >= 11 is 0. The van der Waals surface area contributed by atoms with E-state index in [1.807, 2.05) is 5.43 Å². The van der Waals surface area contributed by atoms with E-state index in [1.165, 1.54) is 13.2 Å². The van der Waals surface area contributed by atoms with Gasteiger partial charge in [0.25, 0.3) is 18.8 Å². The molecule has 0 spiro atoms. The summed E-state index contributed by atoms with van der Waals surface area (Å²) in [5.74, 6) is -0.673. The van der Waals surface area contributed by atoms with Crippen molar-refractivity contribution in [3.8, 4) is 17.0 Å². The molecule has 1 amide bonds. The number of ether oxygens (including phenoxy) is 1. The molecule has 32 heavy (non-hydrogen) atoms. The van der Waals surface area contributed by atoms with Crippen LogP contribution in [0, 0.1) is 0 Å². The fourth-order valence-electron chi connectivity index (χ4n) is 3.50. The topological polar surface area (TPSA) is 74.7 Å². The first kappa shape index (κ1) is 21.6. The number of halogens is 4. The standard InChI is InChI=1S/C22H17F4N3O3/c1-32-18-9-5-3-7-13(18)16-10-14(12-6-2-4-8-15(12)27-16)20(30)29-22(31,21(25)26)11-17(28-29)19(23)24/h2-11,19,21,28,31H,1H3. The number of alkyl halides is 4. The van der Waals surface area contributed by atoms with Crippen LogP contribution in [0.15, 0.2) is 66.4 Å². The molecule has 0 bridgehead atoms. The smallest absolute Gasteiger partial charge is 0.291 e. The lowest BCUT2D eigenvalue weighted by Crippen LogP contribution is -2.56. The number of hydrogen-bond donors (Lipinski definition) is 2. The lowest BCUT2D eigenvalue weighted by molar-refractivity contribution is -0.146. The molecule has 1 aromatic heterocycles. The van der Waals surface area contributed by atoms with Crippen molar-refractivity contribution in [2.45, 2.75) is 18.6 Å². The van der Waals surface area contributed by atoms with Crippen molar-refractivity contribution in [2.75, 3.05) is 7.11 Å². The van der Waals surface area contributed by atoms with Crippen molar-refractivity contribution in [2.24, 2.45) is 0 Å². The van der Waals surface area contributed by atoms with Crippen molar-refractivity contribution < 1.29 is 32.2 Å². The molecule has 2 aromatic carbocycles. The van der Waals surface area contributed by atoms with Crippen LogP contribution in [0.5, 0.6) is 5.75 Å². The van der Waals surface area contributed by atoms with Crippen molar-refractivity contribution >= 4 is 16.8 Å². The highest BCUT2D eigenvalue weighted by Crippen LogP contribution is 2.35. The first-order valence-electron chi connectivity index (χ1n) is 9.42. The van der Waals surface area contributed by atoms with Crippen LogP contribution in [0.1, 0.15) is 10.4 Å². The Morgan fingerprint density at radius 2 is 1.81 bits per heavy atom. The number of fused-ring (bicyclic) bond motifs is 1. The molecule has 0 fully saturated rings. The number of pyridine rings is 1. The van der Waals surface area contributed by atoms with E-state index in [0.717, 1.165) is 0 Å². The number of carbonyl (C=O) groups is 1. The number of nitrogens with zero attached hydrogens (tertiary/aromatic N) is 2. The quantitative estimate of drug-likeness (QED) is 0.579. The number of hydrogen-bond acceptors (Lipinski definition) is 5. The van der Waals surface area contributed by atoms with Crippen LogP contribution in [0.2, 0.25) is 0 Å². The van der Waals surface area contributed by atoms with E-state index in [0.29, 0.717) is 27.9 Å². The highest BCUT2D eigenvalue weighted by atomic mass is 19.3. The van der Waals surface area contributed by atoms with E-state index in [-0.39, 0.29) is 16.6 Å². The first-order chi connectivity index (χ1) is 15.3. The zero-order valence-corrected chi connectivity index (χ0v) is 16.6. The van der Waals surface area contributed by atoms with E-state index in [4.69, 9.17) is 4.74 Å². The van der Waals surface area contributed by atoms with E-state index < -0.39 is 30.2 Å². The Kier molecular flexibility index (Phi) is 5.47. The Bertz CT molecular complexity index is 1220. The summed E-state index contributed by atoms with van der Waals surface area (Å²) in [6.07, 6.45) is -6.49. The molecule has 4 rings (SSSR count). The average Bonchev–Trinajstić information content (AvgIpc) is 3.17. The van der Waals surface area contributed by atoms with Crippen molar-refractivity contribution in [1.82, 2.24) is 15.4 Å². The molecule has 0 saturated heterocycles. The Balaban J connectivity index is 1.88. The Morgan fingerprint density at radius 3 is 2.50 bits per heavy atom. The van der Waals surface area contributed by atoms with Gasteiger partial charge in [-0.2, -0.15) is 0 Å². The van der Waals surface area contributed by atoms with Crippen LogP contribution in [0.4, 0.5) is 17.6 Å². The third-order valence-corrected chi connectivity index (χ3v) is 5.06. The highest BCUT2D eigenvalue weighted by molar-refractivity contribution is 6.07. The fourth-order valence-corrected chi connectivity index (χ4v) is 3.50. The maximum absolute atomic E-state index is 13.6. The summed E-state index contributed by atoms with van der Waals surface area (Å²) in [7, 11) is 1.46. The molecule has 1 aliphatic heterocycles. The summed E-state index contributed by atoms with van der Waals surface area (Å²) in [6, 6.07) is 14.6. The molecular weight excluding hydrogens is 430 g/mol. The summed E-state index contributed by atoms with van der Waals surface area (Å²) in [4.78, 5) is 17.8. The lowest BCUT2D eigenvalue weighted by Gasteiger charge is -2.32. The van der Waals surface area contributed by atoms with Gasteiger partial charge in [-0.1, -0.05) is 30.3 Å². The van der Waals surface area contributed by atoms with Crippen LogP contribution in [0.3, 0.4) is 0 Å². The zero-order valence-electron chi connectivity index (χ0n) is 16.6. The van der Waals surface area contributed by atoms with Gasteiger partial charge in [0.2, 0.25) is 5.72 Å². The van der Waals surface area contributed by atoms with Gasteiger partial charge < -0.3 is 9.84 Å². The first-order valence-corrected chi connectivity index (χ1v) is 9.42. The maximum atomic E-state index is 13.6. The second-order valence-electron chi connectivity index (χ2n) is 7.01. The second kappa shape index (κ2) is 8.12. The number of aromatic nitrogens is 1. The summed E-state index contributed by atoms with van der Waals surface area (Å²) < 4.78 is 58.9. The number of nitrogens with one attached hydrogen (secondary N) is 1. The summed E-state index contributed by atoms with van der Waals surface area (Å²) in [5.41, 5.74) is -1.25. The molecule has 10 heteroatoms. The number of hydrazine groups is 1. The van der Waals surface area contributed by atoms with Gasteiger partial charge in [-0.15, -0.1) is 0 Å². The zero-order chi connectivity index (χ0) is 23.0. The fraction of sp³-hybridized carbons (Fsp3) is 0.182. The monoisotopic (exact) mass is 447 g/mol. The van der Waals surface area contributed by atoms with E-state index in [1.54, 1.807) is 48.5 Å².